The second-order valence-corrected chi connectivity index (χ2v) is 4.23. The maximum Gasteiger partial charge on any atom is 0.234 e. The Bertz CT molecular complexity index is 449. The summed E-state index contributed by atoms with van der Waals surface area (Å²) in [5, 5.41) is 2.69. The van der Waals surface area contributed by atoms with Crippen molar-refractivity contribution in [2.75, 3.05) is 27.2 Å². The molecule has 104 valence electrons. The van der Waals surface area contributed by atoms with Crippen LogP contribution in [0.25, 0.3) is 0 Å². The highest BCUT2D eigenvalue weighted by atomic mass is 19.1. The van der Waals surface area contributed by atoms with E-state index < -0.39 is 5.82 Å². The topological polar surface area (TPSA) is 41.6 Å². The zero-order chi connectivity index (χ0) is 14.3. The molecule has 0 saturated heterocycles. The summed E-state index contributed by atoms with van der Waals surface area (Å²) >= 11 is 0. The Morgan fingerprint density at radius 3 is 2.89 bits per heavy atom. The molecular weight excluding hydrogens is 247 g/mol. The molecule has 1 rings (SSSR count). The van der Waals surface area contributed by atoms with Crippen molar-refractivity contribution in [3.8, 4) is 5.75 Å². The van der Waals surface area contributed by atoms with Crippen LogP contribution in [0.4, 0.5) is 4.39 Å². The van der Waals surface area contributed by atoms with Gasteiger partial charge in [-0.3, -0.25) is 9.69 Å². The molecular formula is C14H19FN2O2. The molecule has 4 nitrogen and oxygen atoms in total. The minimum absolute atomic E-state index is 0.0867. The Kier molecular flexibility index (Phi) is 6.02. The lowest BCUT2D eigenvalue weighted by Gasteiger charge is -2.16. The molecule has 0 heterocycles. The SMILES string of the molecule is C=CCNC(=O)CN(C)Cc1ccc(OC)c(F)c1. The Labute approximate surface area is 112 Å². The number of halogens is 1. The van der Waals surface area contributed by atoms with Crippen LogP contribution in [0.5, 0.6) is 5.75 Å². The average Bonchev–Trinajstić information content (AvgIpc) is 2.36. The molecule has 5 heteroatoms. The molecule has 0 bridgehead atoms. The summed E-state index contributed by atoms with van der Waals surface area (Å²) in [4.78, 5) is 13.3. The van der Waals surface area contributed by atoms with E-state index in [2.05, 4.69) is 11.9 Å². The first-order chi connectivity index (χ1) is 9.06. The molecule has 0 aliphatic carbocycles. The van der Waals surface area contributed by atoms with E-state index >= 15 is 0 Å². The summed E-state index contributed by atoms with van der Waals surface area (Å²) in [5.41, 5.74) is 0.789. The Hall–Kier alpha value is -1.88. The van der Waals surface area contributed by atoms with Crippen molar-refractivity contribution in [1.82, 2.24) is 10.2 Å². The second kappa shape index (κ2) is 7.53. The molecule has 0 saturated carbocycles. The third-order valence-electron chi connectivity index (χ3n) is 2.53. The van der Waals surface area contributed by atoms with Gasteiger partial charge in [-0.1, -0.05) is 12.1 Å². The molecule has 0 aromatic heterocycles. The van der Waals surface area contributed by atoms with Crippen LogP contribution < -0.4 is 10.1 Å². The largest absolute Gasteiger partial charge is 0.494 e. The van der Waals surface area contributed by atoms with E-state index in [1.807, 2.05) is 0 Å². The van der Waals surface area contributed by atoms with Gasteiger partial charge in [-0.15, -0.1) is 6.58 Å². The number of rotatable bonds is 7. The number of carbonyl (C=O) groups is 1. The molecule has 0 atom stereocenters. The van der Waals surface area contributed by atoms with Gasteiger partial charge in [0.25, 0.3) is 0 Å². The van der Waals surface area contributed by atoms with Crippen LogP contribution in [0.15, 0.2) is 30.9 Å². The lowest BCUT2D eigenvalue weighted by atomic mass is 10.2. The fourth-order valence-electron chi connectivity index (χ4n) is 1.66. The summed E-state index contributed by atoms with van der Waals surface area (Å²) in [6.45, 7) is 4.71. The molecule has 19 heavy (non-hydrogen) atoms. The third kappa shape index (κ3) is 5.09. The van der Waals surface area contributed by atoms with Crippen molar-refractivity contribution in [2.24, 2.45) is 0 Å². The first-order valence-corrected chi connectivity index (χ1v) is 5.95. The monoisotopic (exact) mass is 266 g/mol. The number of benzene rings is 1. The zero-order valence-corrected chi connectivity index (χ0v) is 11.3. The fourth-order valence-corrected chi connectivity index (χ4v) is 1.66. The van der Waals surface area contributed by atoms with E-state index in [-0.39, 0.29) is 18.2 Å². The average molecular weight is 266 g/mol. The van der Waals surface area contributed by atoms with Gasteiger partial charge in [0.1, 0.15) is 0 Å². The van der Waals surface area contributed by atoms with Crippen LogP contribution in [0.2, 0.25) is 0 Å². The number of hydrogen-bond acceptors (Lipinski definition) is 3. The number of methoxy groups -OCH3 is 1. The Morgan fingerprint density at radius 2 is 2.32 bits per heavy atom. The van der Waals surface area contributed by atoms with Crippen molar-refractivity contribution in [3.63, 3.8) is 0 Å². The predicted molar refractivity (Wildman–Crippen MR) is 72.5 cm³/mol. The number of amides is 1. The standard InChI is InChI=1S/C14H19FN2O2/c1-4-7-16-14(18)10-17(2)9-11-5-6-13(19-3)12(15)8-11/h4-6,8H,1,7,9-10H2,2-3H3,(H,16,18). The number of nitrogens with one attached hydrogen (secondary N) is 1. The van der Waals surface area contributed by atoms with Gasteiger partial charge in [0.05, 0.1) is 13.7 Å². The van der Waals surface area contributed by atoms with Crippen LogP contribution >= 0.6 is 0 Å². The highest BCUT2D eigenvalue weighted by Gasteiger charge is 2.08. The van der Waals surface area contributed by atoms with Gasteiger partial charge in [0.2, 0.25) is 5.91 Å². The highest BCUT2D eigenvalue weighted by molar-refractivity contribution is 5.78. The van der Waals surface area contributed by atoms with Gasteiger partial charge >= 0.3 is 0 Å². The molecule has 1 amide bonds. The van der Waals surface area contributed by atoms with Gasteiger partial charge in [0.15, 0.2) is 11.6 Å². The number of hydrogen-bond donors (Lipinski definition) is 1. The van der Waals surface area contributed by atoms with E-state index in [9.17, 15) is 9.18 Å². The van der Waals surface area contributed by atoms with Crippen LogP contribution in [-0.4, -0.2) is 38.1 Å². The van der Waals surface area contributed by atoms with Crippen LogP contribution in [0.3, 0.4) is 0 Å². The molecule has 0 aliphatic heterocycles. The van der Waals surface area contributed by atoms with Crippen molar-refractivity contribution < 1.29 is 13.9 Å². The summed E-state index contributed by atoms with van der Waals surface area (Å²) in [5.74, 6) is -0.268. The van der Waals surface area contributed by atoms with Crippen LogP contribution in [0.1, 0.15) is 5.56 Å². The lowest BCUT2D eigenvalue weighted by Crippen LogP contribution is -2.34. The summed E-state index contributed by atoms with van der Waals surface area (Å²) in [6.07, 6.45) is 1.62. The van der Waals surface area contributed by atoms with Gasteiger partial charge in [-0.05, 0) is 24.7 Å². The van der Waals surface area contributed by atoms with Gasteiger partial charge in [-0.25, -0.2) is 4.39 Å². The van der Waals surface area contributed by atoms with E-state index in [0.29, 0.717) is 13.1 Å². The van der Waals surface area contributed by atoms with E-state index in [4.69, 9.17) is 4.74 Å². The van der Waals surface area contributed by atoms with E-state index in [0.717, 1.165) is 5.56 Å². The summed E-state index contributed by atoms with van der Waals surface area (Å²) in [7, 11) is 3.23. The van der Waals surface area contributed by atoms with Crippen molar-refractivity contribution in [1.29, 1.82) is 0 Å². The zero-order valence-electron chi connectivity index (χ0n) is 11.3. The van der Waals surface area contributed by atoms with Crippen molar-refractivity contribution >= 4 is 5.91 Å². The van der Waals surface area contributed by atoms with Crippen LogP contribution in [0, 0.1) is 5.82 Å². The number of ether oxygens (including phenoxy) is 1. The Balaban J connectivity index is 2.52. The molecule has 0 unspecified atom stereocenters. The second-order valence-electron chi connectivity index (χ2n) is 4.23. The predicted octanol–water partition coefficient (Wildman–Crippen LogP) is 1.57. The molecule has 1 aromatic carbocycles. The van der Waals surface area contributed by atoms with Gasteiger partial charge < -0.3 is 10.1 Å². The Morgan fingerprint density at radius 1 is 1.58 bits per heavy atom. The lowest BCUT2D eigenvalue weighted by molar-refractivity contribution is -0.121. The fraction of sp³-hybridized carbons (Fsp3) is 0.357. The number of likely N-dealkylation sites (N-methyl/N-ethyl adjacent to an activating group) is 1. The van der Waals surface area contributed by atoms with Gasteiger partial charge in [0, 0.05) is 13.1 Å². The highest BCUT2D eigenvalue weighted by Crippen LogP contribution is 2.18. The van der Waals surface area contributed by atoms with Crippen molar-refractivity contribution in [2.45, 2.75) is 6.54 Å². The molecule has 0 radical (unpaired) electrons. The smallest absolute Gasteiger partial charge is 0.234 e. The van der Waals surface area contributed by atoms with E-state index in [1.165, 1.54) is 13.2 Å². The molecule has 1 N–H and O–H groups in total. The first-order valence-electron chi connectivity index (χ1n) is 5.95. The van der Waals surface area contributed by atoms with Crippen LogP contribution in [-0.2, 0) is 11.3 Å². The van der Waals surface area contributed by atoms with E-state index in [1.54, 1.807) is 30.2 Å². The third-order valence-corrected chi connectivity index (χ3v) is 2.53. The number of nitrogens with zero attached hydrogens (tertiary/aromatic N) is 1. The van der Waals surface area contributed by atoms with Crippen molar-refractivity contribution in [3.05, 3.63) is 42.2 Å². The maximum atomic E-state index is 13.5. The molecule has 0 spiro atoms. The number of carbonyl (C=O) groups excluding carboxylic acids is 1. The minimum atomic E-state index is -0.399. The molecule has 1 aromatic rings. The molecule has 0 aliphatic rings. The first kappa shape index (κ1) is 15.2. The quantitative estimate of drug-likeness (QED) is 0.762. The molecule has 0 fully saturated rings. The minimum Gasteiger partial charge on any atom is -0.494 e. The summed E-state index contributed by atoms with van der Waals surface area (Å²) in [6, 6.07) is 4.77. The summed E-state index contributed by atoms with van der Waals surface area (Å²) < 4.78 is 18.3. The normalized spacial score (nSPS) is 10.3. The maximum absolute atomic E-state index is 13.5. The van der Waals surface area contributed by atoms with Gasteiger partial charge in [-0.2, -0.15) is 0 Å².